The summed E-state index contributed by atoms with van der Waals surface area (Å²) in [7, 11) is 0. The van der Waals surface area contributed by atoms with Crippen molar-refractivity contribution in [2.75, 3.05) is 6.54 Å². The Labute approximate surface area is 124 Å². The largest absolute Gasteiger partial charge is 0.481 e. The van der Waals surface area contributed by atoms with Gasteiger partial charge >= 0.3 is 12.1 Å². The van der Waals surface area contributed by atoms with Crippen LogP contribution in [-0.2, 0) is 19.5 Å². The Hall–Kier alpha value is -1.83. The van der Waals surface area contributed by atoms with E-state index in [1.807, 2.05) is 5.48 Å². The third-order valence-corrected chi connectivity index (χ3v) is 2.64. The zero-order chi connectivity index (χ0) is 15.9. The molecule has 0 saturated carbocycles. The second kappa shape index (κ2) is 13.2. The Kier molecular flexibility index (Phi) is 12.0. The first-order valence-electron chi connectivity index (χ1n) is 7.18. The van der Waals surface area contributed by atoms with Crippen LogP contribution in [-0.4, -0.2) is 29.6 Å². The zero-order valence-electron chi connectivity index (χ0n) is 12.4. The van der Waals surface area contributed by atoms with Gasteiger partial charge in [-0.1, -0.05) is 44.0 Å². The summed E-state index contributed by atoms with van der Waals surface area (Å²) in [5.74, 6) is -1.77. The third kappa shape index (κ3) is 14.4. The standard InChI is InChI=1S/C13H24N2O6/c1-2-3-4-5-6-7-10-14-13(19)20-21-15-11(16)8-9-12(17)18/h2-10H2,1H3,(H,14,19)(H,15,16)(H,17,18). The van der Waals surface area contributed by atoms with Gasteiger partial charge in [0.05, 0.1) is 6.42 Å². The summed E-state index contributed by atoms with van der Waals surface area (Å²) < 4.78 is 0. The number of carbonyl (C=O) groups excluding carboxylic acids is 2. The molecule has 122 valence electrons. The topological polar surface area (TPSA) is 114 Å². The SMILES string of the molecule is CCCCCCCCNC(=O)OONC(=O)CCC(=O)O. The molecule has 0 atom stereocenters. The Morgan fingerprint density at radius 3 is 2.33 bits per heavy atom. The van der Waals surface area contributed by atoms with Crippen LogP contribution in [0.4, 0.5) is 4.79 Å². The number of aliphatic carboxylic acids is 1. The van der Waals surface area contributed by atoms with Crippen LogP contribution in [0.5, 0.6) is 0 Å². The number of carbonyl (C=O) groups is 3. The summed E-state index contributed by atoms with van der Waals surface area (Å²) >= 11 is 0. The van der Waals surface area contributed by atoms with Gasteiger partial charge in [0.2, 0.25) is 5.91 Å². The highest BCUT2D eigenvalue weighted by atomic mass is 17.3. The molecule has 0 radical (unpaired) electrons. The van der Waals surface area contributed by atoms with Crippen LogP contribution in [0.1, 0.15) is 58.3 Å². The molecule has 2 amide bonds. The summed E-state index contributed by atoms with van der Waals surface area (Å²) in [5, 5.41) is 10.8. The lowest BCUT2D eigenvalue weighted by atomic mass is 10.1. The van der Waals surface area contributed by atoms with Crippen LogP contribution in [0.15, 0.2) is 0 Å². The minimum absolute atomic E-state index is 0.252. The van der Waals surface area contributed by atoms with Gasteiger partial charge in [0.25, 0.3) is 0 Å². The number of hydrogen-bond acceptors (Lipinski definition) is 5. The number of carboxylic acid groups (broad SMARTS) is 1. The van der Waals surface area contributed by atoms with Crippen LogP contribution >= 0.6 is 0 Å². The second-order valence-corrected chi connectivity index (χ2v) is 4.57. The van der Waals surface area contributed by atoms with E-state index in [0.29, 0.717) is 6.54 Å². The van der Waals surface area contributed by atoms with E-state index in [9.17, 15) is 14.4 Å². The normalized spacial score (nSPS) is 9.95. The van der Waals surface area contributed by atoms with E-state index in [-0.39, 0.29) is 12.8 Å². The van der Waals surface area contributed by atoms with Gasteiger partial charge in [0.15, 0.2) is 0 Å². The number of nitrogens with one attached hydrogen (secondary N) is 2. The molecule has 0 fully saturated rings. The molecule has 0 bridgehead atoms. The number of unbranched alkanes of at least 4 members (excludes halogenated alkanes) is 5. The molecule has 3 N–H and O–H groups in total. The van der Waals surface area contributed by atoms with Gasteiger partial charge in [0.1, 0.15) is 0 Å². The van der Waals surface area contributed by atoms with E-state index < -0.39 is 18.0 Å². The van der Waals surface area contributed by atoms with Crippen LogP contribution in [0.25, 0.3) is 0 Å². The number of carboxylic acids is 1. The van der Waals surface area contributed by atoms with Crippen molar-refractivity contribution in [1.82, 2.24) is 10.8 Å². The minimum Gasteiger partial charge on any atom is -0.481 e. The molecule has 0 saturated heterocycles. The molecule has 0 aromatic heterocycles. The van der Waals surface area contributed by atoms with E-state index in [1.54, 1.807) is 0 Å². The summed E-state index contributed by atoms with van der Waals surface area (Å²) in [6.45, 7) is 2.62. The maximum absolute atomic E-state index is 11.1. The molecule has 0 aromatic rings. The lowest BCUT2D eigenvalue weighted by molar-refractivity contribution is -0.279. The Bertz CT molecular complexity index is 322. The molecule has 0 aliphatic carbocycles. The second-order valence-electron chi connectivity index (χ2n) is 4.57. The predicted octanol–water partition coefficient (Wildman–Crippen LogP) is 1.90. The number of hydroxylamine groups is 1. The predicted molar refractivity (Wildman–Crippen MR) is 74.0 cm³/mol. The molecular weight excluding hydrogens is 280 g/mol. The van der Waals surface area contributed by atoms with Crippen LogP contribution in [0, 0.1) is 0 Å². The van der Waals surface area contributed by atoms with Crippen molar-refractivity contribution < 1.29 is 29.4 Å². The van der Waals surface area contributed by atoms with E-state index in [1.165, 1.54) is 19.3 Å². The van der Waals surface area contributed by atoms with Crippen LogP contribution in [0.3, 0.4) is 0 Å². The van der Waals surface area contributed by atoms with Crippen molar-refractivity contribution in [3.8, 4) is 0 Å². The van der Waals surface area contributed by atoms with Gasteiger partial charge in [-0.2, -0.15) is 5.48 Å². The van der Waals surface area contributed by atoms with E-state index >= 15 is 0 Å². The molecule has 21 heavy (non-hydrogen) atoms. The Balaban J connectivity index is 3.38. The van der Waals surface area contributed by atoms with Gasteiger partial charge in [-0.15, -0.1) is 0 Å². The van der Waals surface area contributed by atoms with Gasteiger partial charge in [-0.3, -0.25) is 14.5 Å². The smallest absolute Gasteiger partial charge is 0.441 e. The van der Waals surface area contributed by atoms with Gasteiger partial charge < -0.3 is 10.4 Å². The quantitative estimate of drug-likeness (QED) is 0.288. The van der Waals surface area contributed by atoms with E-state index in [0.717, 1.165) is 19.3 Å². The van der Waals surface area contributed by atoms with Crippen molar-refractivity contribution >= 4 is 18.0 Å². The zero-order valence-corrected chi connectivity index (χ0v) is 12.4. The van der Waals surface area contributed by atoms with Crippen molar-refractivity contribution in [3.05, 3.63) is 0 Å². The van der Waals surface area contributed by atoms with Gasteiger partial charge in [-0.25, -0.2) is 4.79 Å². The minimum atomic E-state index is -1.09. The Morgan fingerprint density at radius 2 is 1.67 bits per heavy atom. The monoisotopic (exact) mass is 304 g/mol. The fraction of sp³-hybridized carbons (Fsp3) is 0.769. The molecular formula is C13H24N2O6. The third-order valence-electron chi connectivity index (χ3n) is 2.64. The molecule has 0 spiro atoms. The highest BCUT2D eigenvalue weighted by Crippen LogP contribution is 2.03. The fourth-order valence-electron chi connectivity index (χ4n) is 1.50. The first kappa shape index (κ1) is 19.2. The fourth-order valence-corrected chi connectivity index (χ4v) is 1.50. The molecule has 8 heteroatoms. The Morgan fingerprint density at radius 1 is 1.00 bits per heavy atom. The molecule has 0 heterocycles. The summed E-state index contributed by atoms with van der Waals surface area (Å²) in [5.41, 5.74) is 1.81. The summed E-state index contributed by atoms with van der Waals surface area (Å²) in [6.07, 6.45) is 5.27. The van der Waals surface area contributed by atoms with Crippen LogP contribution < -0.4 is 10.8 Å². The summed E-state index contributed by atoms with van der Waals surface area (Å²) in [6, 6.07) is 0. The van der Waals surface area contributed by atoms with Crippen molar-refractivity contribution in [2.45, 2.75) is 58.3 Å². The van der Waals surface area contributed by atoms with E-state index in [4.69, 9.17) is 5.11 Å². The average molecular weight is 304 g/mol. The molecule has 0 aliphatic rings. The molecule has 0 aromatic carbocycles. The highest BCUT2D eigenvalue weighted by molar-refractivity contribution is 5.79. The summed E-state index contributed by atoms with van der Waals surface area (Å²) in [4.78, 5) is 40.8. The average Bonchev–Trinajstić information content (AvgIpc) is 2.44. The van der Waals surface area contributed by atoms with E-state index in [2.05, 4.69) is 22.1 Å². The lowest BCUT2D eigenvalue weighted by Crippen LogP contribution is -2.31. The number of rotatable bonds is 12. The first-order valence-corrected chi connectivity index (χ1v) is 7.18. The first-order chi connectivity index (χ1) is 10.1. The maximum Gasteiger partial charge on any atom is 0.441 e. The molecule has 0 unspecified atom stereocenters. The van der Waals surface area contributed by atoms with Crippen LogP contribution in [0.2, 0.25) is 0 Å². The molecule has 0 rings (SSSR count). The molecule has 8 nitrogen and oxygen atoms in total. The number of amides is 2. The maximum atomic E-state index is 11.1. The van der Waals surface area contributed by atoms with Gasteiger partial charge in [0, 0.05) is 13.0 Å². The molecule has 0 aliphatic heterocycles. The van der Waals surface area contributed by atoms with Crippen molar-refractivity contribution in [3.63, 3.8) is 0 Å². The van der Waals surface area contributed by atoms with Crippen molar-refractivity contribution in [1.29, 1.82) is 0 Å². The van der Waals surface area contributed by atoms with Gasteiger partial charge in [-0.05, 0) is 6.42 Å². The highest BCUT2D eigenvalue weighted by Gasteiger charge is 2.07. The van der Waals surface area contributed by atoms with Crippen molar-refractivity contribution in [2.24, 2.45) is 0 Å². The lowest BCUT2D eigenvalue weighted by Gasteiger charge is -2.05. The number of hydrogen-bond donors (Lipinski definition) is 3.